The van der Waals surface area contributed by atoms with Gasteiger partial charge in [-0.25, -0.2) is 4.98 Å². The Morgan fingerprint density at radius 2 is 2.46 bits per heavy atom. The van der Waals surface area contributed by atoms with Crippen LogP contribution in [0.4, 0.5) is 0 Å². The van der Waals surface area contributed by atoms with Crippen molar-refractivity contribution >= 4 is 11.5 Å². The monoisotopic (exact) mass is 196 g/mol. The molecule has 68 valence electrons. The second kappa shape index (κ2) is 3.19. The van der Waals surface area contributed by atoms with Crippen LogP contribution >= 0.6 is 11.5 Å². The molecule has 6 nitrogen and oxygen atoms in total. The topological polar surface area (TPSA) is 82.5 Å². The van der Waals surface area contributed by atoms with Crippen molar-refractivity contribution in [3.8, 4) is 0 Å². The van der Waals surface area contributed by atoms with Crippen LogP contribution in [0.15, 0.2) is 12.5 Å². The van der Waals surface area contributed by atoms with E-state index in [0.29, 0.717) is 5.82 Å². The average Bonchev–Trinajstić information content (AvgIpc) is 2.72. The van der Waals surface area contributed by atoms with E-state index in [9.17, 15) is 0 Å². The Morgan fingerprint density at radius 3 is 3.00 bits per heavy atom. The van der Waals surface area contributed by atoms with Crippen molar-refractivity contribution in [1.82, 2.24) is 24.4 Å². The molecule has 1 atom stereocenters. The van der Waals surface area contributed by atoms with Crippen molar-refractivity contribution in [2.45, 2.75) is 6.04 Å². The van der Waals surface area contributed by atoms with Gasteiger partial charge in [0.1, 0.15) is 18.2 Å². The molecule has 0 amide bonds. The zero-order valence-corrected chi connectivity index (χ0v) is 7.77. The number of nitrogens with zero attached hydrogens (tertiary/aromatic N) is 5. The van der Waals surface area contributed by atoms with Gasteiger partial charge in [-0.3, -0.25) is 4.68 Å². The number of aryl methyl sites for hydroxylation is 1. The molecular formula is C6H8N6S. The quantitative estimate of drug-likeness (QED) is 0.714. The fourth-order valence-corrected chi connectivity index (χ4v) is 1.53. The van der Waals surface area contributed by atoms with Gasteiger partial charge < -0.3 is 5.73 Å². The molecule has 0 aliphatic rings. The number of aromatic nitrogens is 5. The molecule has 0 radical (unpaired) electrons. The Balaban J connectivity index is 2.33. The first kappa shape index (κ1) is 8.27. The Kier molecular flexibility index (Phi) is 2.03. The molecule has 2 aromatic heterocycles. The molecule has 2 N–H and O–H groups in total. The Morgan fingerprint density at radius 1 is 1.62 bits per heavy atom. The van der Waals surface area contributed by atoms with Gasteiger partial charge in [0.25, 0.3) is 0 Å². The van der Waals surface area contributed by atoms with Crippen LogP contribution in [-0.2, 0) is 7.05 Å². The van der Waals surface area contributed by atoms with Gasteiger partial charge in [-0.05, 0) is 11.5 Å². The van der Waals surface area contributed by atoms with E-state index in [1.165, 1.54) is 17.9 Å². The molecule has 0 saturated carbocycles. The summed E-state index contributed by atoms with van der Waals surface area (Å²) >= 11 is 1.27. The summed E-state index contributed by atoms with van der Waals surface area (Å²) in [5.74, 6) is 0.714. The van der Waals surface area contributed by atoms with Crippen LogP contribution in [0, 0.1) is 0 Å². The maximum atomic E-state index is 5.91. The third-order valence-corrected chi connectivity index (χ3v) is 2.46. The largest absolute Gasteiger partial charge is 0.317 e. The zero-order chi connectivity index (χ0) is 9.26. The molecule has 0 aliphatic heterocycles. The van der Waals surface area contributed by atoms with Gasteiger partial charge in [0, 0.05) is 7.05 Å². The molecule has 2 aromatic rings. The molecule has 1 unspecified atom stereocenters. The number of rotatable bonds is 2. The maximum absolute atomic E-state index is 5.91. The highest BCUT2D eigenvalue weighted by molar-refractivity contribution is 7.05. The number of hydrogen-bond donors (Lipinski definition) is 1. The van der Waals surface area contributed by atoms with Crippen molar-refractivity contribution in [2.75, 3.05) is 0 Å². The standard InChI is InChI=1S/C6H8N6S/c1-12-6(8-3-10-12)5(7)4-2-9-11-13-4/h2-3,5H,7H2,1H3. The minimum Gasteiger partial charge on any atom is -0.317 e. The highest BCUT2D eigenvalue weighted by Gasteiger charge is 2.15. The SMILES string of the molecule is Cn1ncnc1C(N)c1cnns1. The fourth-order valence-electron chi connectivity index (χ4n) is 1.03. The normalized spacial score (nSPS) is 13.1. The molecule has 0 aliphatic carbocycles. The van der Waals surface area contributed by atoms with Crippen molar-refractivity contribution in [3.05, 3.63) is 23.2 Å². The molecule has 2 rings (SSSR count). The van der Waals surface area contributed by atoms with E-state index in [1.54, 1.807) is 17.9 Å². The second-order valence-corrected chi connectivity index (χ2v) is 3.36. The van der Waals surface area contributed by atoms with E-state index in [0.717, 1.165) is 4.88 Å². The second-order valence-electron chi connectivity index (χ2n) is 2.54. The third kappa shape index (κ3) is 1.43. The van der Waals surface area contributed by atoms with Crippen LogP contribution in [0.5, 0.6) is 0 Å². The lowest BCUT2D eigenvalue weighted by molar-refractivity contribution is 0.664. The van der Waals surface area contributed by atoms with Gasteiger partial charge in [-0.2, -0.15) is 5.10 Å². The molecular weight excluding hydrogens is 188 g/mol. The average molecular weight is 196 g/mol. The smallest absolute Gasteiger partial charge is 0.149 e. The highest BCUT2D eigenvalue weighted by atomic mass is 32.1. The lowest BCUT2D eigenvalue weighted by Crippen LogP contribution is -2.15. The first-order valence-corrected chi connectivity index (χ1v) is 4.43. The molecule has 0 bridgehead atoms. The van der Waals surface area contributed by atoms with Gasteiger partial charge in [0.2, 0.25) is 0 Å². The summed E-state index contributed by atoms with van der Waals surface area (Å²) in [6, 6.07) is -0.285. The lowest BCUT2D eigenvalue weighted by atomic mass is 10.2. The molecule has 2 heterocycles. The van der Waals surface area contributed by atoms with E-state index < -0.39 is 0 Å². The van der Waals surface area contributed by atoms with Crippen LogP contribution in [0.3, 0.4) is 0 Å². The zero-order valence-electron chi connectivity index (χ0n) is 6.95. The minimum atomic E-state index is -0.285. The summed E-state index contributed by atoms with van der Waals surface area (Å²) < 4.78 is 5.38. The van der Waals surface area contributed by atoms with Crippen LogP contribution in [0.25, 0.3) is 0 Å². The van der Waals surface area contributed by atoms with Crippen molar-refractivity contribution < 1.29 is 0 Å². The highest BCUT2D eigenvalue weighted by Crippen LogP contribution is 2.18. The van der Waals surface area contributed by atoms with Gasteiger partial charge in [-0.1, -0.05) is 4.49 Å². The van der Waals surface area contributed by atoms with Crippen molar-refractivity contribution in [2.24, 2.45) is 12.8 Å². The van der Waals surface area contributed by atoms with E-state index in [4.69, 9.17) is 5.73 Å². The maximum Gasteiger partial charge on any atom is 0.149 e. The first-order chi connectivity index (χ1) is 6.29. The van der Waals surface area contributed by atoms with Gasteiger partial charge >= 0.3 is 0 Å². The van der Waals surface area contributed by atoms with Crippen LogP contribution in [0.2, 0.25) is 0 Å². The van der Waals surface area contributed by atoms with Gasteiger partial charge in [0.05, 0.1) is 11.1 Å². The Labute approximate surface area is 78.6 Å². The lowest BCUT2D eigenvalue weighted by Gasteiger charge is -2.05. The third-order valence-electron chi connectivity index (χ3n) is 1.71. The van der Waals surface area contributed by atoms with E-state index in [-0.39, 0.29) is 6.04 Å². The predicted molar refractivity (Wildman–Crippen MR) is 46.9 cm³/mol. The molecule has 0 aromatic carbocycles. The van der Waals surface area contributed by atoms with Crippen LogP contribution < -0.4 is 5.73 Å². The van der Waals surface area contributed by atoms with Crippen LogP contribution in [-0.4, -0.2) is 24.4 Å². The van der Waals surface area contributed by atoms with Gasteiger partial charge in [0.15, 0.2) is 0 Å². The predicted octanol–water partition coefficient (Wildman–Crippen LogP) is -0.285. The molecule has 0 spiro atoms. The number of hydrogen-bond acceptors (Lipinski definition) is 6. The molecule has 13 heavy (non-hydrogen) atoms. The summed E-state index contributed by atoms with van der Waals surface area (Å²) in [5.41, 5.74) is 5.91. The van der Waals surface area contributed by atoms with Crippen molar-refractivity contribution in [1.29, 1.82) is 0 Å². The van der Waals surface area contributed by atoms with Gasteiger partial charge in [-0.15, -0.1) is 5.10 Å². The summed E-state index contributed by atoms with van der Waals surface area (Å²) in [6.45, 7) is 0. The van der Waals surface area contributed by atoms with E-state index in [2.05, 4.69) is 19.7 Å². The summed E-state index contributed by atoms with van der Waals surface area (Å²) in [6.07, 6.45) is 3.12. The number of nitrogens with two attached hydrogens (primary N) is 1. The molecule has 0 saturated heterocycles. The minimum absolute atomic E-state index is 0.285. The Bertz CT molecular complexity index is 379. The Hall–Kier alpha value is -1.34. The fraction of sp³-hybridized carbons (Fsp3) is 0.333. The summed E-state index contributed by atoms with van der Waals surface area (Å²) in [5, 5.41) is 7.65. The molecule has 7 heteroatoms. The summed E-state index contributed by atoms with van der Waals surface area (Å²) in [4.78, 5) is 4.93. The van der Waals surface area contributed by atoms with E-state index in [1.807, 2.05) is 0 Å². The summed E-state index contributed by atoms with van der Waals surface area (Å²) in [7, 11) is 1.80. The van der Waals surface area contributed by atoms with Crippen LogP contribution in [0.1, 0.15) is 16.7 Å². The molecule has 0 fully saturated rings. The first-order valence-electron chi connectivity index (χ1n) is 3.66. The van der Waals surface area contributed by atoms with E-state index >= 15 is 0 Å². The van der Waals surface area contributed by atoms with Crippen molar-refractivity contribution in [3.63, 3.8) is 0 Å².